The van der Waals surface area contributed by atoms with E-state index < -0.39 is 0 Å². The van der Waals surface area contributed by atoms with E-state index >= 15 is 0 Å². The summed E-state index contributed by atoms with van der Waals surface area (Å²) in [6.07, 6.45) is 2.59. The highest BCUT2D eigenvalue weighted by atomic mass is 35.5. The van der Waals surface area contributed by atoms with Gasteiger partial charge in [0.2, 0.25) is 0 Å². The average Bonchev–Trinajstić information content (AvgIpc) is 3.26. The third kappa shape index (κ3) is 3.09. The van der Waals surface area contributed by atoms with Gasteiger partial charge in [0.25, 0.3) is 0 Å². The average molecular weight is 322 g/mol. The normalized spacial score (nSPS) is 14.2. The maximum Gasteiger partial charge on any atom is 0.137 e. The molecule has 1 aliphatic carbocycles. The molecule has 0 bridgehead atoms. The van der Waals surface area contributed by atoms with Gasteiger partial charge in [0.05, 0.1) is 16.4 Å². The number of nitrogen functional groups attached to an aromatic ring is 1. The van der Waals surface area contributed by atoms with Crippen molar-refractivity contribution in [2.75, 3.05) is 17.6 Å². The molecule has 1 saturated carbocycles. The summed E-state index contributed by atoms with van der Waals surface area (Å²) in [6.45, 7) is 2.85. The van der Waals surface area contributed by atoms with Gasteiger partial charge in [0.1, 0.15) is 5.15 Å². The van der Waals surface area contributed by atoms with Gasteiger partial charge < -0.3 is 11.1 Å². The SMILES string of the molecule is Cc1ccc(-c2ccc(NCC3CC3)c(N)c2Cl)c(Cl)n1. The van der Waals surface area contributed by atoms with Crippen molar-refractivity contribution in [3.8, 4) is 11.1 Å². The highest BCUT2D eigenvalue weighted by Gasteiger charge is 2.21. The van der Waals surface area contributed by atoms with Gasteiger partial charge in [-0.2, -0.15) is 0 Å². The number of aryl methyl sites for hydroxylation is 1. The van der Waals surface area contributed by atoms with Crippen molar-refractivity contribution >= 4 is 34.6 Å². The summed E-state index contributed by atoms with van der Waals surface area (Å²) < 4.78 is 0. The minimum atomic E-state index is 0.440. The lowest BCUT2D eigenvalue weighted by Crippen LogP contribution is -2.06. The van der Waals surface area contributed by atoms with E-state index in [1.165, 1.54) is 12.8 Å². The molecule has 3 N–H and O–H groups in total. The third-order valence-electron chi connectivity index (χ3n) is 3.74. The van der Waals surface area contributed by atoms with Crippen LogP contribution in [0.2, 0.25) is 10.2 Å². The first-order valence-electron chi connectivity index (χ1n) is 7.01. The first-order chi connectivity index (χ1) is 10.1. The minimum absolute atomic E-state index is 0.440. The van der Waals surface area contributed by atoms with Crippen molar-refractivity contribution in [1.82, 2.24) is 4.98 Å². The molecule has 2 aromatic rings. The number of benzene rings is 1. The fourth-order valence-corrected chi connectivity index (χ4v) is 2.82. The van der Waals surface area contributed by atoms with Crippen LogP contribution in [-0.4, -0.2) is 11.5 Å². The Bertz CT molecular complexity index is 681. The van der Waals surface area contributed by atoms with E-state index in [4.69, 9.17) is 28.9 Å². The highest BCUT2D eigenvalue weighted by Crippen LogP contribution is 2.39. The number of halogens is 2. The fraction of sp³-hybridized carbons (Fsp3) is 0.312. The van der Waals surface area contributed by atoms with Crippen LogP contribution in [0.4, 0.5) is 11.4 Å². The van der Waals surface area contributed by atoms with Gasteiger partial charge in [-0.3, -0.25) is 0 Å². The maximum atomic E-state index is 6.42. The molecule has 3 nitrogen and oxygen atoms in total. The predicted molar refractivity (Wildman–Crippen MR) is 90.1 cm³/mol. The Morgan fingerprint density at radius 2 is 1.90 bits per heavy atom. The van der Waals surface area contributed by atoms with Crippen LogP contribution in [0.15, 0.2) is 24.3 Å². The Kier molecular flexibility index (Phi) is 3.96. The van der Waals surface area contributed by atoms with Crippen LogP contribution in [0.1, 0.15) is 18.5 Å². The molecule has 1 aliphatic rings. The number of nitrogens with two attached hydrogens (primary N) is 1. The zero-order valence-electron chi connectivity index (χ0n) is 11.8. The van der Waals surface area contributed by atoms with E-state index in [1.54, 1.807) is 0 Å². The number of rotatable bonds is 4. The molecule has 0 unspecified atom stereocenters. The van der Waals surface area contributed by atoms with Crippen molar-refractivity contribution in [2.45, 2.75) is 19.8 Å². The van der Waals surface area contributed by atoms with Crippen LogP contribution in [0.3, 0.4) is 0 Å². The number of hydrogen-bond donors (Lipinski definition) is 2. The Balaban J connectivity index is 1.93. The minimum Gasteiger partial charge on any atom is -0.396 e. The summed E-state index contributed by atoms with van der Waals surface area (Å²) in [5, 5.41) is 4.32. The van der Waals surface area contributed by atoms with Gasteiger partial charge in [-0.05, 0) is 43.9 Å². The zero-order valence-corrected chi connectivity index (χ0v) is 13.3. The second kappa shape index (κ2) is 5.74. The van der Waals surface area contributed by atoms with Gasteiger partial charge >= 0.3 is 0 Å². The van der Waals surface area contributed by atoms with Crippen LogP contribution in [0.5, 0.6) is 0 Å². The topological polar surface area (TPSA) is 50.9 Å². The summed E-state index contributed by atoms with van der Waals surface area (Å²) in [4.78, 5) is 4.26. The van der Waals surface area contributed by atoms with Crippen molar-refractivity contribution in [3.63, 3.8) is 0 Å². The standard InChI is InChI=1S/C16H17Cl2N3/c1-9-2-5-12(16(18)21-9)11-6-7-13(15(19)14(11)17)20-8-10-3-4-10/h2,5-7,10,20H,3-4,8,19H2,1H3. The molecule has 5 heteroatoms. The van der Waals surface area contributed by atoms with Crippen molar-refractivity contribution in [3.05, 3.63) is 40.1 Å². The number of nitrogens with one attached hydrogen (secondary N) is 1. The van der Waals surface area contributed by atoms with Crippen molar-refractivity contribution in [2.24, 2.45) is 5.92 Å². The fourth-order valence-electron chi connectivity index (χ4n) is 2.26. The molecule has 0 atom stereocenters. The van der Waals surface area contributed by atoms with Gasteiger partial charge in [-0.15, -0.1) is 0 Å². The zero-order chi connectivity index (χ0) is 15.0. The van der Waals surface area contributed by atoms with Crippen LogP contribution >= 0.6 is 23.2 Å². The molecule has 1 fully saturated rings. The molecule has 0 radical (unpaired) electrons. The number of aromatic nitrogens is 1. The molecule has 0 aliphatic heterocycles. The van der Waals surface area contributed by atoms with E-state index in [0.29, 0.717) is 15.9 Å². The Labute approximate surface area is 134 Å². The second-order valence-electron chi connectivity index (χ2n) is 5.50. The van der Waals surface area contributed by atoms with Gasteiger partial charge in [-0.1, -0.05) is 29.3 Å². The summed E-state index contributed by atoms with van der Waals surface area (Å²) in [5.74, 6) is 0.776. The summed E-state index contributed by atoms with van der Waals surface area (Å²) >= 11 is 12.6. The molecule has 1 aromatic carbocycles. The number of hydrogen-bond acceptors (Lipinski definition) is 3. The molecule has 1 heterocycles. The van der Waals surface area contributed by atoms with E-state index in [0.717, 1.165) is 35.0 Å². The van der Waals surface area contributed by atoms with Crippen LogP contribution in [-0.2, 0) is 0 Å². The monoisotopic (exact) mass is 321 g/mol. The predicted octanol–water partition coefficient (Wildman–Crippen LogP) is 4.77. The molecule has 1 aromatic heterocycles. The Morgan fingerprint density at radius 1 is 1.19 bits per heavy atom. The first kappa shape index (κ1) is 14.5. The van der Waals surface area contributed by atoms with Gasteiger partial charge in [0.15, 0.2) is 0 Å². The van der Waals surface area contributed by atoms with E-state index in [-0.39, 0.29) is 0 Å². The summed E-state index contributed by atoms with van der Waals surface area (Å²) in [5.41, 5.74) is 10.1. The first-order valence-corrected chi connectivity index (χ1v) is 7.77. The molecule has 0 spiro atoms. The van der Waals surface area contributed by atoms with Gasteiger partial charge in [-0.25, -0.2) is 4.98 Å². The molecule has 110 valence electrons. The largest absolute Gasteiger partial charge is 0.396 e. The Morgan fingerprint density at radius 3 is 2.57 bits per heavy atom. The molecule has 21 heavy (non-hydrogen) atoms. The highest BCUT2D eigenvalue weighted by molar-refractivity contribution is 6.38. The van der Waals surface area contributed by atoms with Crippen LogP contribution in [0.25, 0.3) is 11.1 Å². The molecular weight excluding hydrogens is 305 g/mol. The lowest BCUT2D eigenvalue weighted by molar-refractivity contribution is 0.890. The van der Waals surface area contributed by atoms with Gasteiger partial charge in [0, 0.05) is 23.4 Å². The number of anilines is 2. The van der Waals surface area contributed by atoms with Crippen LogP contribution < -0.4 is 11.1 Å². The van der Waals surface area contributed by atoms with Crippen molar-refractivity contribution < 1.29 is 0 Å². The lowest BCUT2D eigenvalue weighted by atomic mass is 10.1. The van der Waals surface area contributed by atoms with E-state index in [9.17, 15) is 0 Å². The lowest BCUT2D eigenvalue weighted by Gasteiger charge is -2.14. The summed E-state index contributed by atoms with van der Waals surface area (Å²) in [7, 11) is 0. The number of pyridine rings is 1. The quantitative estimate of drug-likeness (QED) is 0.630. The maximum absolute atomic E-state index is 6.42. The molecule has 0 amide bonds. The molecule has 3 rings (SSSR count). The third-order valence-corrected chi connectivity index (χ3v) is 4.43. The summed E-state index contributed by atoms with van der Waals surface area (Å²) in [6, 6.07) is 7.72. The second-order valence-corrected chi connectivity index (χ2v) is 6.24. The van der Waals surface area contributed by atoms with Crippen LogP contribution in [0, 0.1) is 12.8 Å². The smallest absolute Gasteiger partial charge is 0.137 e. The Hall–Kier alpha value is -1.45. The number of nitrogens with zero attached hydrogens (tertiary/aromatic N) is 1. The van der Waals surface area contributed by atoms with E-state index in [2.05, 4.69) is 10.3 Å². The molecular formula is C16H17Cl2N3. The molecule has 0 saturated heterocycles. The van der Waals surface area contributed by atoms with Crippen molar-refractivity contribution in [1.29, 1.82) is 0 Å². The van der Waals surface area contributed by atoms with E-state index in [1.807, 2.05) is 31.2 Å².